The number of imide groups is 1. The fraction of sp³-hybridized carbons (Fsp3) is 0.208. The number of aromatic nitrogens is 2. The SMILES string of the molecule is CCc1cccc(CC)c1N1C(=O)c2ccc(C(=O)Nc3c(C#N)cnn3C)cc2C1=O. The minimum absolute atomic E-state index is 0.182. The lowest BCUT2D eigenvalue weighted by Crippen LogP contribution is -2.31. The van der Waals surface area contributed by atoms with Gasteiger partial charge in [-0.25, -0.2) is 4.90 Å². The van der Waals surface area contributed by atoms with Crippen LogP contribution in [0.4, 0.5) is 11.5 Å². The molecule has 0 spiro atoms. The van der Waals surface area contributed by atoms with E-state index in [0.29, 0.717) is 18.5 Å². The van der Waals surface area contributed by atoms with E-state index >= 15 is 0 Å². The Morgan fingerprint density at radius 3 is 2.34 bits per heavy atom. The normalized spacial score (nSPS) is 12.6. The van der Waals surface area contributed by atoms with Crippen molar-refractivity contribution in [3.05, 3.63) is 76.0 Å². The number of aryl methyl sites for hydroxylation is 3. The van der Waals surface area contributed by atoms with E-state index in [4.69, 9.17) is 0 Å². The summed E-state index contributed by atoms with van der Waals surface area (Å²) in [7, 11) is 1.61. The fourth-order valence-corrected chi connectivity index (χ4v) is 3.93. The minimum atomic E-state index is -0.505. The highest BCUT2D eigenvalue weighted by molar-refractivity contribution is 6.35. The first-order chi connectivity index (χ1) is 15.4. The number of amides is 3. The molecule has 0 unspecified atom stereocenters. The lowest BCUT2D eigenvalue weighted by atomic mass is 10.0. The second-order valence-corrected chi connectivity index (χ2v) is 7.43. The topological polar surface area (TPSA) is 108 Å². The van der Waals surface area contributed by atoms with Gasteiger partial charge in [0.2, 0.25) is 0 Å². The average Bonchev–Trinajstić information content (AvgIpc) is 3.28. The highest BCUT2D eigenvalue weighted by Crippen LogP contribution is 2.34. The smallest absolute Gasteiger partial charge is 0.266 e. The summed E-state index contributed by atoms with van der Waals surface area (Å²) in [5.74, 6) is -1.10. The maximum atomic E-state index is 13.3. The molecule has 0 radical (unpaired) electrons. The zero-order valence-corrected chi connectivity index (χ0v) is 18.0. The van der Waals surface area contributed by atoms with E-state index in [9.17, 15) is 19.6 Å². The molecular weight excluding hydrogens is 406 g/mol. The number of carbonyl (C=O) groups excluding carboxylic acids is 3. The van der Waals surface area contributed by atoms with Crippen molar-refractivity contribution in [1.29, 1.82) is 5.26 Å². The Morgan fingerprint density at radius 1 is 1.06 bits per heavy atom. The molecule has 0 bridgehead atoms. The Kier molecular flexibility index (Phi) is 5.33. The first kappa shape index (κ1) is 21.0. The number of fused-ring (bicyclic) bond motifs is 1. The van der Waals surface area contributed by atoms with Gasteiger partial charge < -0.3 is 5.32 Å². The number of anilines is 2. The number of hydrogen-bond acceptors (Lipinski definition) is 5. The molecule has 1 N–H and O–H groups in total. The molecule has 4 rings (SSSR count). The summed E-state index contributed by atoms with van der Waals surface area (Å²) in [6.07, 6.45) is 2.71. The van der Waals surface area contributed by atoms with Crippen LogP contribution in [0.5, 0.6) is 0 Å². The molecule has 1 aliphatic heterocycles. The van der Waals surface area contributed by atoms with Crippen molar-refractivity contribution in [3.8, 4) is 6.07 Å². The second kappa shape index (κ2) is 8.12. The highest BCUT2D eigenvalue weighted by atomic mass is 16.2. The van der Waals surface area contributed by atoms with Crippen LogP contribution in [-0.4, -0.2) is 27.5 Å². The van der Waals surface area contributed by atoms with E-state index in [-0.39, 0.29) is 28.1 Å². The van der Waals surface area contributed by atoms with E-state index in [0.717, 1.165) is 11.1 Å². The van der Waals surface area contributed by atoms with Crippen molar-refractivity contribution in [2.24, 2.45) is 7.05 Å². The third-order valence-electron chi connectivity index (χ3n) is 5.63. The summed E-state index contributed by atoms with van der Waals surface area (Å²) in [4.78, 5) is 40.5. The van der Waals surface area contributed by atoms with Crippen LogP contribution < -0.4 is 10.2 Å². The number of rotatable bonds is 5. The molecule has 2 heterocycles. The Hall–Kier alpha value is -4.25. The van der Waals surface area contributed by atoms with Crippen LogP contribution in [0.1, 0.15) is 61.6 Å². The van der Waals surface area contributed by atoms with Gasteiger partial charge in [0.15, 0.2) is 0 Å². The lowest BCUT2D eigenvalue weighted by Gasteiger charge is -2.21. The molecule has 8 nitrogen and oxygen atoms in total. The molecule has 2 aromatic carbocycles. The van der Waals surface area contributed by atoms with Gasteiger partial charge in [-0.15, -0.1) is 0 Å². The van der Waals surface area contributed by atoms with E-state index in [1.54, 1.807) is 7.05 Å². The fourth-order valence-electron chi connectivity index (χ4n) is 3.93. The minimum Gasteiger partial charge on any atom is -0.306 e. The molecule has 0 fully saturated rings. The summed E-state index contributed by atoms with van der Waals surface area (Å²) in [6, 6.07) is 12.1. The van der Waals surface area contributed by atoms with Gasteiger partial charge in [-0.3, -0.25) is 19.1 Å². The molecule has 32 heavy (non-hydrogen) atoms. The van der Waals surface area contributed by atoms with Crippen LogP contribution in [0.25, 0.3) is 0 Å². The van der Waals surface area contributed by atoms with Gasteiger partial charge in [0.1, 0.15) is 17.5 Å². The van der Waals surface area contributed by atoms with E-state index in [2.05, 4.69) is 10.4 Å². The molecule has 0 aliphatic carbocycles. The van der Waals surface area contributed by atoms with Crippen LogP contribution in [0.2, 0.25) is 0 Å². The van der Waals surface area contributed by atoms with Crippen LogP contribution in [0.15, 0.2) is 42.6 Å². The van der Waals surface area contributed by atoms with Crippen molar-refractivity contribution in [1.82, 2.24) is 9.78 Å². The number of nitrogens with zero attached hydrogens (tertiary/aromatic N) is 4. The molecule has 1 aromatic heterocycles. The van der Waals surface area contributed by atoms with Gasteiger partial charge in [-0.1, -0.05) is 32.0 Å². The van der Waals surface area contributed by atoms with Gasteiger partial charge in [0, 0.05) is 12.6 Å². The van der Waals surface area contributed by atoms with Crippen molar-refractivity contribution >= 4 is 29.2 Å². The number of benzene rings is 2. The Balaban J connectivity index is 1.71. The summed E-state index contributed by atoms with van der Waals surface area (Å²) in [5, 5.41) is 15.8. The number of carbonyl (C=O) groups is 3. The molecule has 1 aliphatic rings. The van der Waals surface area contributed by atoms with Crippen LogP contribution in [0, 0.1) is 11.3 Å². The number of para-hydroxylation sites is 1. The monoisotopic (exact) mass is 427 g/mol. The first-order valence-electron chi connectivity index (χ1n) is 10.3. The summed E-state index contributed by atoms with van der Waals surface area (Å²) in [6.45, 7) is 3.96. The molecule has 3 aromatic rings. The van der Waals surface area contributed by atoms with Crippen molar-refractivity contribution in [2.75, 3.05) is 10.2 Å². The number of nitrogens with one attached hydrogen (secondary N) is 1. The third kappa shape index (κ3) is 3.24. The van der Waals surface area contributed by atoms with Crippen LogP contribution in [-0.2, 0) is 19.9 Å². The van der Waals surface area contributed by atoms with E-state index < -0.39 is 17.7 Å². The van der Waals surface area contributed by atoms with Crippen molar-refractivity contribution < 1.29 is 14.4 Å². The largest absolute Gasteiger partial charge is 0.306 e. The first-order valence-corrected chi connectivity index (χ1v) is 10.3. The van der Waals surface area contributed by atoms with Gasteiger partial charge in [0.25, 0.3) is 17.7 Å². The molecule has 160 valence electrons. The van der Waals surface area contributed by atoms with Gasteiger partial charge >= 0.3 is 0 Å². The Bertz CT molecular complexity index is 1290. The second-order valence-electron chi connectivity index (χ2n) is 7.43. The zero-order valence-electron chi connectivity index (χ0n) is 18.0. The maximum absolute atomic E-state index is 13.3. The molecular formula is C24H21N5O3. The molecule has 8 heteroatoms. The third-order valence-corrected chi connectivity index (χ3v) is 5.63. The van der Waals surface area contributed by atoms with Crippen LogP contribution in [0.3, 0.4) is 0 Å². The molecule has 0 saturated carbocycles. The molecule has 0 saturated heterocycles. The summed E-state index contributed by atoms with van der Waals surface area (Å²) < 4.78 is 1.38. The van der Waals surface area contributed by atoms with Gasteiger partial charge in [-0.2, -0.15) is 10.4 Å². The van der Waals surface area contributed by atoms with E-state index in [1.165, 1.54) is 34.0 Å². The lowest BCUT2D eigenvalue weighted by molar-refractivity contribution is 0.0925. The maximum Gasteiger partial charge on any atom is 0.266 e. The molecule has 3 amide bonds. The van der Waals surface area contributed by atoms with Gasteiger partial charge in [0.05, 0.1) is 23.0 Å². The number of nitriles is 1. The quantitative estimate of drug-likeness (QED) is 0.627. The van der Waals surface area contributed by atoms with Crippen molar-refractivity contribution in [2.45, 2.75) is 26.7 Å². The standard InChI is InChI=1S/C24H21N5O3/c1-4-14-7-6-8-15(5-2)20(14)29-23(31)18-10-9-16(11-19(18)24(29)32)22(30)27-21-17(12-25)13-26-28(21)3/h6-11,13H,4-5H2,1-3H3,(H,27,30). The summed E-state index contributed by atoms with van der Waals surface area (Å²) >= 11 is 0. The Morgan fingerprint density at radius 2 is 1.72 bits per heavy atom. The van der Waals surface area contributed by atoms with Crippen LogP contribution >= 0.6 is 0 Å². The number of hydrogen-bond donors (Lipinski definition) is 1. The summed E-state index contributed by atoms with van der Waals surface area (Å²) in [5.41, 5.74) is 3.33. The highest BCUT2D eigenvalue weighted by Gasteiger charge is 2.39. The Labute approximate surface area is 185 Å². The molecule has 0 atom stereocenters. The predicted molar refractivity (Wildman–Crippen MR) is 119 cm³/mol. The van der Waals surface area contributed by atoms with Gasteiger partial charge in [-0.05, 0) is 42.2 Å². The van der Waals surface area contributed by atoms with Crippen molar-refractivity contribution in [3.63, 3.8) is 0 Å². The predicted octanol–water partition coefficient (Wildman–Crippen LogP) is 3.47. The van der Waals surface area contributed by atoms with E-state index in [1.807, 2.05) is 38.1 Å². The average molecular weight is 427 g/mol. The zero-order chi connectivity index (χ0) is 23.0.